The number of phenols is 1. The van der Waals surface area contributed by atoms with Crippen molar-refractivity contribution in [2.45, 2.75) is 19.8 Å². The lowest BCUT2D eigenvalue weighted by molar-refractivity contribution is -0.118. The van der Waals surface area contributed by atoms with Crippen molar-refractivity contribution in [3.63, 3.8) is 0 Å². The van der Waals surface area contributed by atoms with Gasteiger partial charge in [0.05, 0.1) is 5.56 Å². The summed E-state index contributed by atoms with van der Waals surface area (Å²) in [4.78, 5) is 36.5. The molecule has 0 radical (unpaired) electrons. The Morgan fingerprint density at radius 2 is 1.75 bits per heavy atom. The topological polar surface area (TPSA) is 105 Å². The first-order valence-corrected chi connectivity index (χ1v) is 10.2. The number of amides is 2. The molecule has 7 nitrogen and oxygen atoms in total. The Balaban J connectivity index is 1.39. The number of nitrogens with one attached hydrogen (secondary N) is 2. The third kappa shape index (κ3) is 4.78. The summed E-state index contributed by atoms with van der Waals surface area (Å²) in [6.07, 6.45) is 0.872. The van der Waals surface area contributed by atoms with Crippen LogP contribution in [0.15, 0.2) is 60.7 Å². The lowest BCUT2D eigenvalue weighted by Gasteiger charge is -2.18. The molecule has 0 saturated carbocycles. The van der Waals surface area contributed by atoms with Gasteiger partial charge in [-0.3, -0.25) is 14.4 Å². The summed E-state index contributed by atoms with van der Waals surface area (Å²) in [5, 5.41) is 15.8. The van der Waals surface area contributed by atoms with E-state index in [4.69, 9.17) is 4.74 Å². The highest BCUT2D eigenvalue weighted by atomic mass is 16.5. The molecule has 1 aliphatic rings. The van der Waals surface area contributed by atoms with Crippen LogP contribution in [0.5, 0.6) is 11.5 Å². The number of fused-ring (bicyclic) bond motifs is 1. The predicted octanol–water partition coefficient (Wildman–Crippen LogP) is 3.83. The number of aryl methyl sites for hydroxylation is 2. The van der Waals surface area contributed by atoms with Gasteiger partial charge in [-0.05, 0) is 67.4 Å². The van der Waals surface area contributed by atoms with Crippen molar-refractivity contribution >= 4 is 29.0 Å². The minimum Gasteiger partial charge on any atom is -0.507 e. The molecule has 162 valence electrons. The van der Waals surface area contributed by atoms with Crippen LogP contribution >= 0.6 is 0 Å². The average Bonchev–Trinajstić information content (AvgIpc) is 2.79. The largest absolute Gasteiger partial charge is 0.507 e. The van der Waals surface area contributed by atoms with E-state index >= 15 is 0 Å². The first kappa shape index (κ1) is 21.1. The quantitative estimate of drug-likeness (QED) is 0.407. The van der Waals surface area contributed by atoms with Crippen LogP contribution in [-0.4, -0.2) is 29.3 Å². The maximum absolute atomic E-state index is 12.9. The lowest BCUT2D eigenvalue weighted by Crippen LogP contribution is -2.20. The second kappa shape index (κ2) is 8.93. The summed E-state index contributed by atoms with van der Waals surface area (Å²) in [6.45, 7) is 1.79. The molecule has 3 aromatic carbocycles. The normalized spacial score (nSPS) is 12.5. The number of benzene rings is 3. The number of rotatable bonds is 6. The van der Waals surface area contributed by atoms with Gasteiger partial charge < -0.3 is 20.5 Å². The zero-order valence-electron chi connectivity index (χ0n) is 17.5. The van der Waals surface area contributed by atoms with Crippen LogP contribution in [-0.2, 0) is 16.0 Å². The monoisotopic (exact) mass is 430 g/mol. The van der Waals surface area contributed by atoms with Gasteiger partial charge in [0.25, 0.3) is 5.91 Å². The number of carbonyl (C=O) groups is 3. The number of ether oxygens (including phenoxy) is 1. The van der Waals surface area contributed by atoms with Crippen LogP contribution in [0, 0.1) is 6.92 Å². The van der Waals surface area contributed by atoms with Gasteiger partial charge in [-0.1, -0.05) is 17.7 Å². The number of ketones is 1. The molecule has 0 fully saturated rings. The number of hydrogen-bond donors (Lipinski definition) is 3. The molecule has 7 heteroatoms. The molecular formula is C25H22N2O5. The van der Waals surface area contributed by atoms with Crippen molar-refractivity contribution < 1.29 is 24.2 Å². The fourth-order valence-corrected chi connectivity index (χ4v) is 3.44. The van der Waals surface area contributed by atoms with Crippen LogP contribution in [0.1, 0.15) is 33.5 Å². The standard InChI is InChI=1S/C25H22N2O5/c1-15-2-7-18(8-3-15)26-24(30)14-32-19-9-4-16(5-10-19)25(31)20-13-21-17(12-22(20)28)6-11-23(29)27-21/h2-5,7-10,12-13,28H,6,11,14H2,1H3,(H,26,30)(H,27,29). The second-order valence-electron chi connectivity index (χ2n) is 7.63. The zero-order chi connectivity index (χ0) is 22.7. The van der Waals surface area contributed by atoms with E-state index in [0.717, 1.165) is 11.1 Å². The molecule has 3 N–H and O–H groups in total. The van der Waals surface area contributed by atoms with E-state index in [1.54, 1.807) is 24.3 Å². The number of aromatic hydroxyl groups is 1. The molecular weight excluding hydrogens is 408 g/mol. The van der Waals surface area contributed by atoms with Gasteiger partial charge in [-0.15, -0.1) is 0 Å². The third-order valence-electron chi connectivity index (χ3n) is 5.18. The Morgan fingerprint density at radius 1 is 1.03 bits per heavy atom. The molecule has 4 rings (SSSR count). The zero-order valence-corrected chi connectivity index (χ0v) is 17.5. The van der Waals surface area contributed by atoms with E-state index in [9.17, 15) is 19.5 Å². The van der Waals surface area contributed by atoms with Crippen molar-refractivity contribution in [3.8, 4) is 11.5 Å². The highest BCUT2D eigenvalue weighted by Gasteiger charge is 2.21. The van der Waals surface area contributed by atoms with Gasteiger partial charge >= 0.3 is 0 Å². The number of carbonyl (C=O) groups excluding carboxylic acids is 3. The van der Waals surface area contributed by atoms with Crippen LogP contribution in [0.25, 0.3) is 0 Å². The SMILES string of the molecule is Cc1ccc(NC(=O)COc2ccc(C(=O)c3cc4c(cc3O)CCC(=O)N4)cc2)cc1. The van der Waals surface area contributed by atoms with Gasteiger partial charge in [0.2, 0.25) is 5.91 Å². The van der Waals surface area contributed by atoms with Gasteiger partial charge in [0.15, 0.2) is 12.4 Å². The second-order valence-corrected chi connectivity index (χ2v) is 7.63. The summed E-state index contributed by atoms with van der Waals surface area (Å²) >= 11 is 0. The Hall–Kier alpha value is -4.13. The molecule has 0 spiro atoms. The van der Waals surface area contributed by atoms with E-state index in [-0.39, 0.29) is 35.5 Å². The minimum atomic E-state index is -0.381. The minimum absolute atomic E-state index is 0.108. The molecule has 1 heterocycles. The van der Waals surface area contributed by atoms with Gasteiger partial charge in [0.1, 0.15) is 11.5 Å². The van der Waals surface area contributed by atoms with E-state index < -0.39 is 0 Å². The maximum Gasteiger partial charge on any atom is 0.262 e. The summed E-state index contributed by atoms with van der Waals surface area (Å²) in [7, 11) is 0. The molecule has 0 saturated heterocycles. The Morgan fingerprint density at radius 3 is 2.47 bits per heavy atom. The predicted molar refractivity (Wildman–Crippen MR) is 120 cm³/mol. The molecule has 0 bridgehead atoms. The van der Waals surface area contributed by atoms with E-state index in [1.165, 1.54) is 12.1 Å². The molecule has 3 aromatic rings. The molecule has 1 aliphatic heterocycles. The molecule has 0 atom stereocenters. The number of phenolic OH excluding ortho intramolecular Hbond substituents is 1. The molecule has 0 unspecified atom stereocenters. The molecule has 2 amide bonds. The summed E-state index contributed by atoms with van der Waals surface area (Å²) in [6, 6.07) is 16.8. The van der Waals surface area contributed by atoms with Gasteiger partial charge in [-0.2, -0.15) is 0 Å². The smallest absolute Gasteiger partial charge is 0.262 e. The van der Waals surface area contributed by atoms with Crippen LogP contribution in [0.2, 0.25) is 0 Å². The van der Waals surface area contributed by atoms with E-state index in [0.29, 0.717) is 35.5 Å². The van der Waals surface area contributed by atoms with E-state index in [1.807, 2.05) is 31.2 Å². The lowest BCUT2D eigenvalue weighted by atomic mass is 9.96. The van der Waals surface area contributed by atoms with Crippen molar-refractivity contribution in [2.75, 3.05) is 17.2 Å². The first-order valence-electron chi connectivity index (χ1n) is 10.2. The average molecular weight is 430 g/mol. The highest BCUT2D eigenvalue weighted by Crippen LogP contribution is 2.31. The molecule has 32 heavy (non-hydrogen) atoms. The number of anilines is 2. The van der Waals surface area contributed by atoms with Crippen molar-refractivity contribution in [1.82, 2.24) is 0 Å². The van der Waals surface area contributed by atoms with Crippen LogP contribution in [0.4, 0.5) is 11.4 Å². The van der Waals surface area contributed by atoms with Crippen LogP contribution in [0.3, 0.4) is 0 Å². The van der Waals surface area contributed by atoms with Gasteiger partial charge in [0, 0.05) is 23.4 Å². The molecule has 0 aliphatic carbocycles. The Bertz CT molecular complexity index is 1180. The Kier molecular flexibility index (Phi) is 5.89. The fourth-order valence-electron chi connectivity index (χ4n) is 3.44. The summed E-state index contributed by atoms with van der Waals surface area (Å²) in [5.74, 6) is -0.487. The van der Waals surface area contributed by atoms with Crippen molar-refractivity contribution in [3.05, 3.63) is 82.9 Å². The van der Waals surface area contributed by atoms with Crippen LogP contribution < -0.4 is 15.4 Å². The molecule has 0 aromatic heterocycles. The Labute approximate surface area is 185 Å². The van der Waals surface area contributed by atoms with Crippen molar-refractivity contribution in [1.29, 1.82) is 0 Å². The first-order chi connectivity index (χ1) is 15.4. The fraction of sp³-hybridized carbons (Fsp3) is 0.160. The maximum atomic E-state index is 12.9. The summed E-state index contributed by atoms with van der Waals surface area (Å²) in [5.41, 5.74) is 3.58. The highest BCUT2D eigenvalue weighted by molar-refractivity contribution is 6.12. The number of hydrogen-bond acceptors (Lipinski definition) is 5. The van der Waals surface area contributed by atoms with Crippen molar-refractivity contribution in [2.24, 2.45) is 0 Å². The van der Waals surface area contributed by atoms with Gasteiger partial charge in [-0.25, -0.2) is 0 Å². The van der Waals surface area contributed by atoms with E-state index in [2.05, 4.69) is 10.6 Å². The summed E-state index contributed by atoms with van der Waals surface area (Å²) < 4.78 is 5.49. The third-order valence-corrected chi connectivity index (χ3v) is 5.18.